The Kier molecular flexibility index (Phi) is 1.26. The Labute approximate surface area is 48.5 Å². The van der Waals surface area contributed by atoms with Crippen LogP contribution in [0.5, 0.6) is 0 Å². The van der Waals surface area contributed by atoms with Crippen molar-refractivity contribution < 1.29 is 8.42 Å². The summed E-state index contributed by atoms with van der Waals surface area (Å²) in [7, 11) is -3.10. The van der Waals surface area contributed by atoms with E-state index in [1.807, 2.05) is 0 Å². The maximum atomic E-state index is 10.4. The van der Waals surface area contributed by atoms with Crippen LogP contribution in [0.15, 0.2) is 0 Å². The summed E-state index contributed by atoms with van der Waals surface area (Å²) >= 11 is 0. The van der Waals surface area contributed by atoms with Gasteiger partial charge in [-0.2, -0.15) is 13.1 Å². The van der Waals surface area contributed by atoms with Crippen LogP contribution in [0, 0.1) is 0 Å². The number of hydrogen-bond acceptors (Lipinski definition) is 2. The zero-order chi connectivity index (χ0) is 6.20. The molecule has 0 saturated carbocycles. The lowest BCUT2D eigenvalue weighted by Gasteiger charge is -1.92. The number of rotatable bonds is 0. The highest BCUT2D eigenvalue weighted by molar-refractivity contribution is 7.87. The van der Waals surface area contributed by atoms with Gasteiger partial charge in [0.05, 0.1) is 0 Å². The van der Waals surface area contributed by atoms with E-state index in [1.54, 1.807) is 6.92 Å². The SMILES string of the molecule is C[C@H]1CNS(=O)(=O)N1. The summed E-state index contributed by atoms with van der Waals surface area (Å²) < 4.78 is 25.5. The minimum Gasteiger partial charge on any atom is -0.201 e. The zero-order valence-electron chi connectivity index (χ0n) is 4.51. The topological polar surface area (TPSA) is 58.2 Å². The molecule has 4 nitrogen and oxygen atoms in total. The zero-order valence-corrected chi connectivity index (χ0v) is 5.33. The van der Waals surface area contributed by atoms with Crippen LogP contribution in [-0.2, 0) is 10.2 Å². The van der Waals surface area contributed by atoms with Crippen molar-refractivity contribution in [3.05, 3.63) is 0 Å². The molecule has 0 aliphatic carbocycles. The summed E-state index contributed by atoms with van der Waals surface area (Å²) in [5.74, 6) is 0. The maximum absolute atomic E-state index is 10.4. The molecular weight excluding hydrogens is 128 g/mol. The highest BCUT2D eigenvalue weighted by Crippen LogP contribution is 1.91. The molecule has 5 heteroatoms. The fourth-order valence-electron chi connectivity index (χ4n) is 0.583. The molecule has 0 unspecified atom stereocenters. The molecule has 1 fully saturated rings. The van der Waals surface area contributed by atoms with E-state index in [0.717, 1.165) is 0 Å². The van der Waals surface area contributed by atoms with Crippen LogP contribution in [0.3, 0.4) is 0 Å². The van der Waals surface area contributed by atoms with Crippen molar-refractivity contribution in [2.75, 3.05) is 6.54 Å². The number of nitrogens with one attached hydrogen (secondary N) is 2. The molecule has 1 rings (SSSR count). The van der Waals surface area contributed by atoms with Crippen LogP contribution in [-0.4, -0.2) is 21.0 Å². The van der Waals surface area contributed by atoms with Gasteiger partial charge in [-0.05, 0) is 6.92 Å². The second-order valence-corrected chi connectivity index (χ2v) is 3.40. The van der Waals surface area contributed by atoms with Crippen LogP contribution in [0.25, 0.3) is 0 Å². The number of hydrogen-bond donors (Lipinski definition) is 2. The smallest absolute Gasteiger partial charge is 0.201 e. The molecule has 8 heavy (non-hydrogen) atoms. The summed E-state index contributed by atoms with van der Waals surface area (Å²) in [5.41, 5.74) is 0. The molecule has 0 amide bonds. The quantitative estimate of drug-likeness (QED) is 0.440. The van der Waals surface area contributed by atoms with Gasteiger partial charge >= 0.3 is 0 Å². The first kappa shape index (κ1) is 6.00. The molecule has 2 N–H and O–H groups in total. The summed E-state index contributed by atoms with van der Waals surface area (Å²) in [6, 6.07) is 0.0417. The lowest BCUT2D eigenvalue weighted by molar-refractivity contribution is 0.584. The van der Waals surface area contributed by atoms with E-state index in [0.29, 0.717) is 6.54 Å². The molecule has 48 valence electrons. The van der Waals surface area contributed by atoms with Crippen molar-refractivity contribution >= 4 is 10.2 Å². The Morgan fingerprint density at radius 3 is 2.38 bits per heavy atom. The highest BCUT2D eigenvalue weighted by atomic mass is 32.2. The predicted octanol–water partition coefficient (Wildman–Crippen LogP) is -1.19. The van der Waals surface area contributed by atoms with Crippen molar-refractivity contribution in [1.29, 1.82) is 0 Å². The van der Waals surface area contributed by atoms with E-state index in [9.17, 15) is 8.42 Å². The lowest BCUT2D eigenvalue weighted by atomic mass is 10.4. The van der Waals surface area contributed by atoms with Crippen LogP contribution >= 0.6 is 0 Å². The Morgan fingerprint density at radius 2 is 2.25 bits per heavy atom. The van der Waals surface area contributed by atoms with E-state index in [1.165, 1.54) is 0 Å². The molecule has 1 heterocycles. The molecule has 0 aromatic rings. The van der Waals surface area contributed by atoms with Crippen LogP contribution in [0.4, 0.5) is 0 Å². The fourth-order valence-corrected chi connectivity index (χ4v) is 1.75. The Bertz CT molecular complexity index is 174. The summed E-state index contributed by atoms with van der Waals surface area (Å²) in [6.45, 7) is 2.31. The first-order valence-electron chi connectivity index (χ1n) is 2.37. The van der Waals surface area contributed by atoms with E-state index < -0.39 is 10.2 Å². The summed E-state index contributed by atoms with van der Waals surface area (Å²) in [6.07, 6.45) is 0. The monoisotopic (exact) mass is 136 g/mol. The Hall–Kier alpha value is -0.130. The minimum atomic E-state index is -3.10. The van der Waals surface area contributed by atoms with Gasteiger partial charge < -0.3 is 0 Å². The molecule has 1 aliphatic heterocycles. The van der Waals surface area contributed by atoms with Gasteiger partial charge in [0.1, 0.15) is 0 Å². The first-order chi connectivity index (χ1) is 3.60. The summed E-state index contributed by atoms with van der Waals surface area (Å²) in [5, 5.41) is 0. The van der Waals surface area contributed by atoms with Gasteiger partial charge in [-0.25, -0.2) is 4.72 Å². The maximum Gasteiger partial charge on any atom is 0.277 e. The molecule has 0 radical (unpaired) electrons. The standard InChI is InChI=1S/C3H8N2O2S/c1-3-2-4-8(6,7)5-3/h3-5H,2H2,1H3/t3-/m0/s1. The van der Waals surface area contributed by atoms with E-state index in [-0.39, 0.29) is 6.04 Å². The molecule has 1 atom stereocenters. The first-order valence-corrected chi connectivity index (χ1v) is 3.85. The average molecular weight is 136 g/mol. The fraction of sp³-hybridized carbons (Fsp3) is 1.00. The molecule has 0 aromatic carbocycles. The van der Waals surface area contributed by atoms with Crippen LogP contribution in [0.2, 0.25) is 0 Å². The van der Waals surface area contributed by atoms with Gasteiger partial charge in [0, 0.05) is 12.6 Å². The third-order valence-corrected chi connectivity index (χ3v) is 2.20. The molecule has 1 aliphatic rings. The van der Waals surface area contributed by atoms with E-state index >= 15 is 0 Å². The van der Waals surface area contributed by atoms with Gasteiger partial charge in [0.25, 0.3) is 10.2 Å². The molecule has 1 saturated heterocycles. The van der Waals surface area contributed by atoms with Gasteiger partial charge in [-0.1, -0.05) is 0 Å². The molecule has 0 bridgehead atoms. The third-order valence-electron chi connectivity index (χ3n) is 0.936. The second-order valence-electron chi connectivity index (χ2n) is 1.87. The Balaban J connectivity index is 2.71. The largest absolute Gasteiger partial charge is 0.277 e. The van der Waals surface area contributed by atoms with Crippen molar-refractivity contribution in [2.45, 2.75) is 13.0 Å². The lowest BCUT2D eigenvalue weighted by Crippen LogP contribution is -2.25. The third kappa shape index (κ3) is 1.18. The molecular formula is C3H8N2O2S. The second kappa shape index (κ2) is 1.68. The predicted molar refractivity (Wildman–Crippen MR) is 29.5 cm³/mol. The van der Waals surface area contributed by atoms with Gasteiger partial charge in [0.2, 0.25) is 0 Å². The van der Waals surface area contributed by atoms with Gasteiger partial charge in [-0.3, -0.25) is 0 Å². The van der Waals surface area contributed by atoms with Gasteiger partial charge in [0.15, 0.2) is 0 Å². The molecule has 0 aromatic heterocycles. The van der Waals surface area contributed by atoms with Crippen molar-refractivity contribution in [1.82, 2.24) is 9.44 Å². The van der Waals surface area contributed by atoms with Crippen molar-refractivity contribution in [3.63, 3.8) is 0 Å². The van der Waals surface area contributed by atoms with Gasteiger partial charge in [-0.15, -0.1) is 0 Å². The normalized spacial score (nSPS) is 35.4. The molecule has 0 spiro atoms. The van der Waals surface area contributed by atoms with E-state index in [4.69, 9.17) is 0 Å². The highest BCUT2D eigenvalue weighted by Gasteiger charge is 2.21. The van der Waals surface area contributed by atoms with Crippen molar-refractivity contribution in [2.24, 2.45) is 0 Å². The van der Waals surface area contributed by atoms with Crippen LogP contribution in [0.1, 0.15) is 6.92 Å². The Morgan fingerprint density at radius 1 is 1.62 bits per heavy atom. The van der Waals surface area contributed by atoms with Crippen molar-refractivity contribution in [3.8, 4) is 0 Å². The summed E-state index contributed by atoms with van der Waals surface area (Å²) in [4.78, 5) is 0. The minimum absolute atomic E-state index is 0.0417. The van der Waals surface area contributed by atoms with E-state index in [2.05, 4.69) is 9.44 Å². The van der Waals surface area contributed by atoms with Crippen LogP contribution < -0.4 is 9.44 Å². The average Bonchev–Trinajstić information content (AvgIpc) is 1.82.